The number of anilines is 1. The van der Waals surface area contributed by atoms with Crippen LogP contribution >= 0.6 is 12.4 Å². The van der Waals surface area contributed by atoms with Gasteiger partial charge in [-0.2, -0.15) is 0 Å². The zero-order valence-electron chi connectivity index (χ0n) is 13.6. The first kappa shape index (κ1) is 18.5. The molecule has 0 amide bonds. The second-order valence-electron chi connectivity index (χ2n) is 6.39. The van der Waals surface area contributed by atoms with Crippen LogP contribution < -0.4 is 9.62 Å². The molecular weight excluding hydrogens is 334 g/mol. The summed E-state index contributed by atoms with van der Waals surface area (Å²) in [7, 11) is -3.22. The summed E-state index contributed by atoms with van der Waals surface area (Å²) < 4.78 is 25.8. The average Bonchev–Trinajstić information content (AvgIpc) is 2.67. The van der Waals surface area contributed by atoms with Gasteiger partial charge in [-0.15, -0.1) is 12.4 Å². The van der Waals surface area contributed by atoms with Crippen molar-refractivity contribution in [1.82, 2.24) is 10.2 Å². The SMILES string of the molecule is CS(=O)(=O)N1CCN(CC2CCNCC2)Cc2ccccc21.Cl. The van der Waals surface area contributed by atoms with E-state index in [9.17, 15) is 8.42 Å². The third-order valence-corrected chi connectivity index (χ3v) is 5.83. The Morgan fingerprint density at radius 3 is 2.57 bits per heavy atom. The minimum absolute atomic E-state index is 0. The van der Waals surface area contributed by atoms with Crippen LogP contribution in [0.5, 0.6) is 0 Å². The highest BCUT2D eigenvalue weighted by Crippen LogP contribution is 2.27. The number of benzene rings is 1. The van der Waals surface area contributed by atoms with E-state index in [0.29, 0.717) is 6.54 Å². The fraction of sp³-hybridized carbons (Fsp3) is 0.625. The van der Waals surface area contributed by atoms with Gasteiger partial charge in [0.2, 0.25) is 10.0 Å². The molecule has 0 bridgehead atoms. The minimum atomic E-state index is -3.22. The van der Waals surface area contributed by atoms with Crippen molar-refractivity contribution in [3.05, 3.63) is 29.8 Å². The minimum Gasteiger partial charge on any atom is -0.317 e. The molecule has 23 heavy (non-hydrogen) atoms. The van der Waals surface area contributed by atoms with Crippen LogP contribution in [-0.2, 0) is 16.6 Å². The van der Waals surface area contributed by atoms with Crippen molar-refractivity contribution in [2.24, 2.45) is 5.92 Å². The first-order valence-corrected chi connectivity index (χ1v) is 9.87. The Labute approximate surface area is 145 Å². The van der Waals surface area contributed by atoms with Gasteiger partial charge >= 0.3 is 0 Å². The molecule has 1 aromatic rings. The number of piperidine rings is 1. The maximum absolute atomic E-state index is 12.1. The van der Waals surface area contributed by atoms with Crippen LogP contribution in [0.25, 0.3) is 0 Å². The van der Waals surface area contributed by atoms with E-state index in [2.05, 4.69) is 10.2 Å². The van der Waals surface area contributed by atoms with Crippen LogP contribution in [0.4, 0.5) is 5.69 Å². The van der Waals surface area contributed by atoms with E-state index < -0.39 is 10.0 Å². The maximum Gasteiger partial charge on any atom is 0.232 e. The molecule has 0 saturated carbocycles. The molecule has 1 aromatic carbocycles. The van der Waals surface area contributed by atoms with Gasteiger partial charge in [0, 0.05) is 26.2 Å². The smallest absolute Gasteiger partial charge is 0.232 e. The standard InChI is InChI=1S/C16H25N3O2S.ClH/c1-22(20,21)19-11-10-18(12-14-6-8-17-9-7-14)13-15-4-2-3-5-16(15)19;/h2-5,14,17H,6-13H2,1H3;1H. The molecule has 0 atom stereocenters. The van der Waals surface area contributed by atoms with E-state index in [1.165, 1.54) is 19.1 Å². The lowest BCUT2D eigenvalue weighted by atomic mass is 9.97. The predicted molar refractivity (Wildman–Crippen MR) is 96.8 cm³/mol. The molecule has 2 heterocycles. The van der Waals surface area contributed by atoms with E-state index in [1.54, 1.807) is 4.31 Å². The van der Waals surface area contributed by atoms with Gasteiger partial charge in [0.25, 0.3) is 0 Å². The fourth-order valence-corrected chi connectivity index (χ4v) is 4.44. The Hall–Kier alpha value is -0.820. The Kier molecular flexibility index (Phi) is 6.31. The number of hydrogen-bond acceptors (Lipinski definition) is 4. The normalized spacial score (nSPS) is 20.5. The van der Waals surface area contributed by atoms with Gasteiger partial charge in [0.15, 0.2) is 0 Å². The summed E-state index contributed by atoms with van der Waals surface area (Å²) in [5.41, 5.74) is 1.96. The molecule has 7 heteroatoms. The van der Waals surface area contributed by atoms with E-state index in [1.807, 2.05) is 24.3 Å². The second-order valence-corrected chi connectivity index (χ2v) is 8.30. The number of hydrogen-bond donors (Lipinski definition) is 1. The molecule has 0 aromatic heterocycles. The van der Waals surface area contributed by atoms with E-state index >= 15 is 0 Å². The maximum atomic E-state index is 12.1. The molecule has 0 aliphatic carbocycles. The largest absolute Gasteiger partial charge is 0.317 e. The van der Waals surface area contributed by atoms with Crippen molar-refractivity contribution < 1.29 is 8.42 Å². The summed E-state index contributed by atoms with van der Waals surface area (Å²) in [4.78, 5) is 2.42. The van der Waals surface area contributed by atoms with Crippen molar-refractivity contribution in [1.29, 1.82) is 0 Å². The van der Waals surface area contributed by atoms with Crippen LogP contribution in [0, 0.1) is 5.92 Å². The molecule has 3 rings (SSSR count). The van der Waals surface area contributed by atoms with Crippen LogP contribution in [0.2, 0.25) is 0 Å². The van der Waals surface area contributed by atoms with Crippen molar-refractivity contribution in [2.75, 3.05) is 43.3 Å². The number of fused-ring (bicyclic) bond motifs is 1. The van der Waals surface area contributed by atoms with Crippen molar-refractivity contribution in [3.63, 3.8) is 0 Å². The fourth-order valence-electron chi connectivity index (χ4n) is 3.49. The van der Waals surface area contributed by atoms with Gasteiger partial charge in [-0.25, -0.2) is 8.42 Å². The Morgan fingerprint density at radius 1 is 1.17 bits per heavy atom. The third-order valence-electron chi connectivity index (χ3n) is 4.65. The van der Waals surface area contributed by atoms with Gasteiger partial charge in [0.1, 0.15) is 0 Å². The number of nitrogens with zero attached hydrogens (tertiary/aromatic N) is 2. The van der Waals surface area contributed by atoms with Crippen molar-refractivity contribution >= 4 is 28.1 Å². The molecular formula is C16H26ClN3O2S. The zero-order chi connectivity index (χ0) is 15.6. The Balaban J connectivity index is 0.00000192. The highest BCUT2D eigenvalue weighted by molar-refractivity contribution is 7.92. The van der Waals surface area contributed by atoms with Crippen LogP contribution in [0.3, 0.4) is 0 Å². The molecule has 0 spiro atoms. The highest BCUT2D eigenvalue weighted by Gasteiger charge is 2.26. The molecule has 2 aliphatic heterocycles. The van der Waals surface area contributed by atoms with Gasteiger partial charge in [-0.05, 0) is 43.5 Å². The second kappa shape index (κ2) is 7.83. The molecule has 2 aliphatic rings. The Bertz CT molecular complexity index is 618. The highest BCUT2D eigenvalue weighted by atomic mass is 35.5. The van der Waals surface area contributed by atoms with Crippen molar-refractivity contribution in [3.8, 4) is 0 Å². The Morgan fingerprint density at radius 2 is 1.87 bits per heavy atom. The van der Waals surface area contributed by atoms with Crippen LogP contribution in [-0.4, -0.2) is 52.3 Å². The van der Waals surface area contributed by atoms with Gasteiger partial charge < -0.3 is 5.32 Å². The van der Waals surface area contributed by atoms with Gasteiger partial charge in [0.05, 0.1) is 11.9 Å². The lowest BCUT2D eigenvalue weighted by Crippen LogP contribution is -2.39. The van der Waals surface area contributed by atoms with E-state index in [-0.39, 0.29) is 12.4 Å². The summed E-state index contributed by atoms with van der Waals surface area (Å²) in [6.07, 6.45) is 3.73. The van der Waals surface area contributed by atoms with E-state index in [0.717, 1.165) is 49.9 Å². The quantitative estimate of drug-likeness (QED) is 0.892. The topological polar surface area (TPSA) is 52.7 Å². The summed E-state index contributed by atoms with van der Waals surface area (Å²) in [6, 6.07) is 7.88. The molecule has 1 N–H and O–H groups in total. The molecule has 1 fully saturated rings. The van der Waals surface area contributed by atoms with Gasteiger partial charge in [-0.1, -0.05) is 18.2 Å². The summed E-state index contributed by atoms with van der Waals surface area (Å²) >= 11 is 0. The predicted octanol–water partition coefficient (Wildman–Crippen LogP) is 1.69. The number of nitrogens with one attached hydrogen (secondary N) is 1. The molecule has 0 unspecified atom stereocenters. The average molecular weight is 360 g/mol. The lowest BCUT2D eigenvalue weighted by molar-refractivity contribution is 0.206. The number of halogens is 1. The zero-order valence-corrected chi connectivity index (χ0v) is 15.2. The van der Waals surface area contributed by atoms with Crippen molar-refractivity contribution in [2.45, 2.75) is 19.4 Å². The van der Waals surface area contributed by atoms with Crippen LogP contribution in [0.15, 0.2) is 24.3 Å². The van der Waals surface area contributed by atoms with Crippen LogP contribution in [0.1, 0.15) is 18.4 Å². The summed E-state index contributed by atoms with van der Waals surface area (Å²) in [5, 5.41) is 3.40. The molecule has 1 saturated heterocycles. The monoisotopic (exact) mass is 359 g/mol. The lowest BCUT2D eigenvalue weighted by Gasteiger charge is -2.29. The first-order chi connectivity index (χ1) is 10.5. The molecule has 0 radical (unpaired) electrons. The van der Waals surface area contributed by atoms with E-state index in [4.69, 9.17) is 0 Å². The molecule has 130 valence electrons. The number of rotatable bonds is 3. The summed E-state index contributed by atoms with van der Waals surface area (Å²) in [5.74, 6) is 0.721. The van der Waals surface area contributed by atoms with Gasteiger partial charge in [-0.3, -0.25) is 9.21 Å². The number of para-hydroxylation sites is 1. The molecule has 5 nitrogen and oxygen atoms in total. The third kappa shape index (κ3) is 4.59. The number of sulfonamides is 1. The summed E-state index contributed by atoms with van der Waals surface area (Å²) in [6.45, 7) is 5.45. The first-order valence-electron chi connectivity index (χ1n) is 8.03.